The summed E-state index contributed by atoms with van der Waals surface area (Å²) in [5, 5.41) is 4.65. The fourth-order valence-electron chi connectivity index (χ4n) is 1.48. The molecular formula is C13H17FN2O3S. The number of nitrogens with one attached hydrogen (secondary N) is 2. The Morgan fingerprint density at radius 1 is 1.40 bits per heavy atom. The molecule has 20 heavy (non-hydrogen) atoms. The summed E-state index contributed by atoms with van der Waals surface area (Å²) < 4.78 is 18.2. The Balaban J connectivity index is 2.42. The number of imide groups is 1. The van der Waals surface area contributed by atoms with Crippen LogP contribution in [0.15, 0.2) is 18.2 Å². The van der Waals surface area contributed by atoms with Crippen LogP contribution in [0.25, 0.3) is 0 Å². The number of ether oxygens (including phenoxy) is 1. The van der Waals surface area contributed by atoms with E-state index in [1.807, 2.05) is 0 Å². The van der Waals surface area contributed by atoms with Crippen LogP contribution in [0, 0.1) is 5.82 Å². The zero-order chi connectivity index (χ0) is 15.0. The van der Waals surface area contributed by atoms with E-state index in [0.29, 0.717) is 23.6 Å². The second-order valence-electron chi connectivity index (χ2n) is 3.86. The van der Waals surface area contributed by atoms with Gasteiger partial charge in [-0.3, -0.25) is 10.1 Å². The molecule has 0 saturated carbocycles. The zero-order valence-corrected chi connectivity index (χ0v) is 12.2. The van der Waals surface area contributed by atoms with E-state index in [1.165, 1.54) is 31.0 Å². The molecule has 0 atom stereocenters. The van der Waals surface area contributed by atoms with Crippen LogP contribution >= 0.6 is 11.8 Å². The lowest BCUT2D eigenvalue weighted by Crippen LogP contribution is -2.40. The third-order valence-corrected chi connectivity index (χ3v) is 3.30. The predicted molar refractivity (Wildman–Crippen MR) is 76.3 cm³/mol. The number of carbonyl (C=O) groups is 2. The first kappa shape index (κ1) is 16.3. The lowest BCUT2D eigenvalue weighted by Gasteiger charge is -2.08. The number of amides is 3. The maximum absolute atomic E-state index is 13.1. The first-order valence-corrected chi connectivity index (χ1v) is 7.20. The van der Waals surface area contributed by atoms with Gasteiger partial charge >= 0.3 is 6.03 Å². The van der Waals surface area contributed by atoms with Gasteiger partial charge in [0.25, 0.3) is 0 Å². The van der Waals surface area contributed by atoms with Gasteiger partial charge in [-0.2, -0.15) is 0 Å². The molecule has 0 spiro atoms. The van der Waals surface area contributed by atoms with Gasteiger partial charge in [0, 0.05) is 17.9 Å². The smallest absolute Gasteiger partial charge is 0.321 e. The van der Waals surface area contributed by atoms with Crippen LogP contribution in [-0.2, 0) is 10.5 Å². The normalized spacial score (nSPS) is 9.95. The highest BCUT2D eigenvalue weighted by atomic mass is 32.2. The summed E-state index contributed by atoms with van der Waals surface area (Å²) in [4.78, 5) is 22.6. The predicted octanol–water partition coefficient (Wildman–Crippen LogP) is 1.91. The largest absolute Gasteiger partial charge is 0.496 e. The van der Waals surface area contributed by atoms with Crippen LogP contribution in [0.2, 0.25) is 0 Å². The second kappa shape index (κ2) is 8.42. The van der Waals surface area contributed by atoms with Gasteiger partial charge in [-0.1, -0.05) is 0 Å². The Morgan fingerprint density at radius 3 is 2.80 bits per heavy atom. The van der Waals surface area contributed by atoms with Crippen LogP contribution in [0.4, 0.5) is 9.18 Å². The van der Waals surface area contributed by atoms with E-state index in [9.17, 15) is 14.0 Å². The Morgan fingerprint density at radius 2 is 2.15 bits per heavy atom. The van der Waals surface area contributed by atoms with Gasteiger partial charge in [0.1, 0.15) is 11.6 Å². The monoisotopic (exact) mass is 300 g/mol. The van der Waals surface area contributed by atoms with E-state index in [1.54, 1.807) is 13.0 Å². The number of methoxy groups -OCH3 is 1. The Hall–Kier alpha value is -1.76. The van der Waals surface area contributed by atoms with Crippen molar-refractivity contribution >= 4 is 23.7 Å². The minimum absolute atomic E-state index is 0.108. The molecule has 7 heteroatoms. The number of hydrogen-bond donors (Lipinski definition) is 2. The summed E-state index contributed by atoms with van der Waals surface area (Å²) in [6.45, 7) is 2.21. The SMILES string of the molecule is CCNC(=O)NC(=O)CSCc1cc(F)ccc1OC. The molecule has 2 N–H and O–H groups in total. The van der Waals surface area contributed by atoms with Crippen molar-refractivity contribution in [1.29, 1.82) is 0 Å². The molecule has 0 saturated heterocycles. The molecule has 0 aliphatic rings. The molecule has 0 unspecified atom stereocenters. The first-order chi connectivity index (χ1) is 9.56. The third-order valence-electron chi connectivity index (χ3n) is 2.32. The molecule has 0 aliphatic heterocycles. The topological polar surface area (TPSA) is 67.4 Å². The summed E-state index contributed by atoms with van der Waals surface area (Å²) in [5.41, 5.74) is 0.670. The molecule has 0 aromatic heterocycles. The molecule has 0 radical (unpaired) electrons. The number of hydrogen-bond acceptors (Lipinski definition) is 4. The van der Waals surface area contributed by atoms with Crippen molar-refractivity contribution in [2.75, 3.05) is 19.4 Å². The molecule has 3 amide bonds. The van der Waals surface area contributed by atoms with Crippen LogP contribution in [-0.4, -0.2) is 31.3 Å². The maximum Gasteiger partial charge on any atom is 0.321 e. The number of carbonyl (C=O) groups excluding carboxylic acids is 2. The van der Waals surface area contributed by atoms with Gasteiger partial charge in [0.05, 0.1) is 12.9 Å². The van der Waals surface area contributed by atoms with E-state index in [4.69, 9.17) is 4.74 Å². The van der Waals surface area contributed by atoms with Crippen molar-refractivity contribution in [2.24, 2.45) is 0 Å². The van der Waals surface area contributed by atoms with E-state index >= 15 is 0 Å². The standard InChI is InChI=1S/C13H17FN2O3S/c1-3-15-13(18)16-12(17)8-20-7-9-6-10(14)4-5-11(9)19-2/h4-6H,3,7-8H2,1-2H3,(H2,15,16,17,18). The quantitative estimate of drug-likeness (QED) is 0.842. The number of halogens is 1. The van der Waals surface area contributed by atoms with Gasteiger partial charge < -0.3 is 10.1 Å². The van der Waals surface area contributed by atoms with Crippen molar-refractivity contribution in [3.05, 3.63) is 29.6 Å². The highest BCUT2D eigenvalue weighted by Gasteiger charge is 2.09. The lowest BCUT2D eigenvalue weighted by molar-refractivity contribution is -0.117. The molecule has 1 aromatic carbocycles. The highest BCUT2D eigenvalue weighted by Crippen LogP contribution is 2.23. The molecule has 0 heterocycles. The maximum atomic E-state index is 13.1. The zero-order valence-electron chi connectivity index (χ0n) is 11.4. The molecule has 5 nitrogen and oxygen atoms in total. The van der Waals surface area contributed by atoms with Crippen LogP contribution < -0.4 is 15.4 Å². The average molecular weight is 300 g/mol. The molecule has 0 aliphatic carbocycles. The van der Waals surface area contributed by atoms with Gasteiger partial charge in [0.2, 0.25) is 5.91 Å². The van der Waals surface area contributed by atoms with Gasteiger partial charge in [-0.25, -0.2) is 9.18 Å². The van der Waals surface area contributed by atoms with E-state index in [-0.39, 0.29) is 11.6 Å². The summed E-state index contributed by atoms with van der Waals surface area (Å²) >= 11 is 1.27. The van der Waals surface area contributed by atoms with E-state index in [2.05, 4.69) is 10.6 Å². The van der Waals surface area contributed by atoms with Crippen molar-refractivity contribution in [3.8, 4) is 5.75 Å². The summed E-state index contributed by atoms with van der Waals surface area (Å²) in [6.07, 6.45) is 0. The van der Waals surface area contributed by atoms with Gasteiger partial charge in [0.15, 0.2) is 0 Å². The highest BCUT2D eigenvalue weighted by molar-refractivity contribution is 7.99. The number of thioether (sulfide) groups is 1. The fraction of sp³-hybridized carbons (Fsp3) is 0.385. The summed E-state index contributed by atoms with van der Waals surface area (Å²) in [5.74, 6) is 0.355. The van der Waals surface area contributed by atoms with Crippen molar-refractivity contribution < 1.29 is 18.7 Å². The number of rotatable bonds is 6. The fourth-order valence-corrected chi connectivity index (χ4v) is 2.29. The number of urea groups is 1. The molecular weight excluding hydrogens is 283 g/mol. The molecule has 1 aromatic rings. The van der Waals surface area contributed by atoms with Crippen LogP contribution in [0.1, 0.15) is 12.5 Å². The van der Waals surface area contributed by atoms with Crippen molar-refractivity contribution in [1.82, 2.24) is 10.6 Å². The molecule has 0 fully saturated rings. The average Bonchev–Trinajstić information content (AvgIpc) is 2.39. The molecule has 0 bridgehead atoms. The summed E-state index contributed by atoms with van der Waals surface area (Å²) in [6, 6.07) is 3.71. The van der Waals surface area contributed by atoms with Gasteiger partial charge in [-0.15, -0.1) is 11.8 Å². The Bertz CT molecular complexity index is 483. The van der Waals surface area contributed by atoms with Crippen LogP contribution in [0.5, 0.6) is 5.75 Å². The second-order valence-corrected chi connectivity index (χ2v) is 4.84. The minimum Gasteiger partial charge on any atom is -0.496 e. The van der Waals surface area contributed by atoms with Crippen molar-refractivity contribution in [3.63, 3.8) is 0 Å². The Kier molecular flexibility index (Phi) is 6.86. The van der Waals surface area contributed by atoms with Crippen molar-refractivity contribution in [2.45, 2.75) is 12.7 Å². The Labute approximate surface area is 121 Å². The number of benzene rings is 1. The third kappa shape index (κ3) is 5.48. The first-order valence-electron chi connectivity index (χ1n) is 6.04. The van der Waals surface area contributed by atoms with Crippen LogP contribution in [0.3, 0.4) is 0 Å². The minimum atomic E-state index is -0.513. The van der Waals surface area contributed by atoms with E-state index < -0.39 is 11.9 Å². The molecule has 110 valence electrons. The lowest BCUT2D eigenvalue weighted by atomic mass is 10.2. The van der Waals surface area contributed by atoms with Gasteiger partial charge in [-0.05, 0) is 25.1 Å². The van der Waals surface area contributed by atoms with E-state index in [0.717, 1.165) is 0 Å². The summed E-state index contributed by atoms with van der Waals surface area (Å²) in [7, 11) is 1.50. The molecule has 1 rings (SSSR count).